The maximum Gasteiger partial charge on any atom is 0.244 e. The number of hydrogen-bond acceptors (Lipinski definition) is 5. The maximum atomic E-state index is 13.3. The summed E-state index contributed by atoms with van der Waals surface area (Å²) in [6.45, 7) is 0. The molecule has 118 valence electrons. The monoisotopic (exact) mass is 338 g/mol. The number of rotatable bonds is 2. The Balaban J connectivity index is 1.95. The Morgan fingerprint density at radius 3 is 2.75 bits per heavy atom. The Bertz CT molecular complexity index is 967. The van der Waals surface area contributed by atoms with Gasteiger partial charge in [-0.1, -0.05) is 18.2 Å². The summed E-state index contributed by atoms with van der Waals surface area (Å²) in [5.41, 5.74) is 8.44. The SMILES string of the molecule is N#CC1=C(N)Oc2n[nH]c(-c3cccs3)c2[C@H]1c1ccc(F)cc1. The van der Waals surface area contributed by atoms with Crippen LogP contribution in [0.25, 0.3) is 10.6 Å². The Morgan fingerprint density at radius 2 is 2.08 bits per heavy atom. The van der Waals surface area contributed by atoms with Gasteiger partial charge < -0.3 is 10.5 Å². The van der Waals surface area contributed by atoms with Crippen LogP contribution in [0.15, 0.2) is 53.2 Å². The summed E-state index contributed by atoms with van der Waals surface area (Å²) in [6, 6.07) is 12.0. The van der Waals surface area contributed by atoms with Crippen molar-refractivity contribution in [3.8, 4) is 22.5 Å². The number of nitrogens with two attached hydrogens (primary N) is 1. The molecule has 3 heterocycles. The van der Waals surface area contributed by atoms with Gasteiger partial charge in [0.05, 0.1) is 22.1 Å². The first-order chi connectivity index (χ1) is 11.7. The lowest BCUT2D eigenvalue weighted by atomic mass is 9.84. The average Bonchev–Trinajstić information content (AvgIpc) is 3.23. The number of hydrogen-bond donors (Lipinski definition) is 2. The smallest absolute Gasteiger partial charge is 0.244 e. The molecule has 0 amide bonds. The summed E-state index contributed by atoms with van der Waals surface area (Å²) < 4.78 is 18.8. The summed E-state index contributed by atoms with van der Waals surface area (Å²) in [5, 5.41) is 18.7. The molecule has 0 spiro atoms. The van der Waals surface area contributed by atoms with Crippen molar-refractivity contribution in [2.75, 3.05) is 0 Å². The van der Waals surface area contributed by atoms with E-state index in [4.69, 9.17) is 10.5 Å². The summed E-state index contributed by atoms with van der Waals surface area (Å²) in [6.07, 6.45) is 0. The number of thiophene rings is 1. The molecule has 2 aromatic heterocycles. The molecule has 1 atom stereocenters. The summed E-state index contributed by atoms with van der Waals surface area (Å²) in [5.74, 6) is -0.449. The van der Waals surface area contributed by atoms with E-state index in [2.05, 4.69) is 16.3 Å². The Kier molecular flexibility index (Phi) is 3.32. The van der Waals surface area contributed by atoms with Crippen molar-refractivity contribution in [2.45, 2.75) is 5.92 Å². The third-order valence-corrected chi connectivity index (χ3v) is 4.80. The predicted octanol–water partition coefficient (Wildman–Crippen LogP) is 3.50. The van der Waals surface area contributed by atoms with Crippen LogP contribution >= 0.6 is 11.3 Å². The molecule has 1 aliphatic heterocycles. The zero-order valence-electron chi connectivity index (χ0n) is 12.3. The molecule has 5 nitrogen and oxygen atoms in total. The number of aromatic amines is 1. The van der Waals surface area contributed by atoms with Crippen molar-refractivity contribution >= 4 is 11.3 Å². The summed E-state index contributed by atoms with van der Waals surface area (Å²) in [7, 11) is 0. The van der Waals surface area contributed by atoms with Crippen molar-refractivity contribution in [3.05, 3.63) is 70.2 Å². The second-order valence-corrected chi connectivity index (χ2v) is 6.22. The van der Waals surface area contributed by atoms with E-state index in [1.165, 1.54) is 12.1 Å². The normalized spacial score (nSPS) is 16.4. The Labute approximate surface area is 140 Å². The molecule has 7 heteroatoms. The fourth-order valence-corrected chi connectivity index (χ4v) is 3.58. The highest BCUT2D eigenvalue weighted by Gasteiger charge is 2.35. The summed E-state index contributed by atoms with van der Waals surface area (Å²) >= 11 is 1.55. The molecule has 0 radical (unpaired) electrons. The topological polar surface area (TPSA) is 87.7 Å². The molecule has 24 heavy (non-hydrogen) atoms. The van der Waals surface area contributed by atoms with Gasteiger partial charge in [-0.2, -0.15) is 5.26 Å². The van der Waals surface area contributed by atoms with Crippen LogP contribution in [0.2, 0.25) is 0 Å². The highest BCUT2D eigenvalue weighted by molar-refractivity contribution is 7.13. The number of ether oxygens (including phenoxy) is 1. The van der Waals surface area contributed by atoms with E-state index in [-0.39, 0.29) is 17.3 Å². The van der Waals surface area contributed by atoms with E-state index in [0.29, 0.717) is 5.88 Å². The van der Waals surface area contributed by atoms with Crippen LogP contribution in [0.4, 0.5) is 4.39 Å². The van der Waals surface area contributed by atoms with Crippen LogP contribution in [-0.4, -0.2) is 10.2 Å². The minimum atomic E-state index is -0.463. The highest BCUT2D eigenvalue weighted by Crippen LogP contribution is 2.46. The zero-order valence-corrected chi connectivity index (χ0v) is 13.1. The zero-order chi connectivity index (χ0) is 16.7. The van der Waals surface area contributed by atoms with Crippen molar-refractivity contribution < 1.29 is 9.13 Å². The third-order valence-electron chi connectivity index (χ3n) is 3.91. The highest BCUT2D eigenvalue weighted by atomic mass is 32.1. The molecule has 4 rings (SSSR count). The standard InChI is InChI=1S/C17H11FN4OS/c18-10-5-3-9(4-6-10)13-11(8-19)16(20)23-17-14(13)15(21-22-17)12-2-1-7-24-12/h1-7,13H,20H2,(H,21,22)/t13-/m0/s1. The van der Waals surface area contributed by atoms with E-state index < -0.39 is 5.92 Å². The second kappa shape index (κ2) is 5.51. The lowest BCUT2D eigenvalue weighted by Crippen LogP contribution is -2.20. The van der Waals surface area contributed by atoms with Gasteiger partial charge in [-0.05, 0) is 29.1 Å². The van der Waals surface area contributed by atoms with Gasteiger partial charge in [0.1, 0.15) is 17.5 Å². The largest absolute Gasteiger partial charge is 0.420 e. The Morgan fingerprint density at radius 1 is 1.29 bits per heavy atom. The molecule has 0 saturated heterocycles. The quantitative estimate of drug-likeness (QED) is 0.748. The first-order valence-electron chi connectivity index (χ1n) is 7.14. The van der Waals surface area contributed by atoms with Gasteiger partial charge in [0.2, 0.25) is 11.8 Å². The number of allylic oxidation sites excluding steroid dienone is 1. The van der Waals surface area contributed by atoms with E-state index in [1.54, 1.807) is 23.5 Å². The maximum absolute atomic E-state index is 13.3. The number of halogens is 1. The predicted molar refractivity (Wildman–Crippen MR) is 87.6 cm³/mol. The third kappa shape index (κ3) is 2.16. The fourth-order valence-electron chi connectivity index (χ4n) is 2.84. The van der Waals surface area contributed by atoms with Gasteiger partial charge in [-0.25, -0.2) is 4.39 Å². The number of nitriles is 1. The number of H-pyrrole nitrogens is 1. The fraction of sp³-hybridized carbons (Fsp3) is 0.0588. The number of benzene rings is 1. The molecule has 1 aromatic carbocycles. The van der Waals surface area contributed by atoms with Gasteiger partial charge >= 0.3 is 0 Å². The van der Waals surface area contributed by atoms with E-state index in [0.717, 1.165) is 21.7 Å². The molecular formula is C17H11FN4OS. The average molecular weight is 338 g/mol. The number of nitrogens with one attached hydrogen (secondary N) is 1. The number of fused-ring (bicyclic) bond motifs is 1. The van der Waals surface area contributed by atoms with Crippen molar-refractivity contribution in [1.82, 2.24) is 10.2 Å². The van der Waals surface area contributed by atoms with E-state index >= 15 is 0 Å². The molecule has 0 unspecified atom stereocenters. The molecule has 3 aromatic rings. The molecule has 0 bridgehead atoms. The molecule has 0 saturated carbocycles. The van der Waals surface area contributed by atoms with Crippen molar-refractivity contribution in [3.63, 3.8) is 0 Å². The van der Waals surface area contributed by atoms with Gasteiger partial charge in [0, 0.05) is 0 Å². The summed E-state index contributed by atoms with van der Waals surface area (Å²) in [4.78, 5) is 0.970. The minimum Gasteiger partial charge on any atom is -0.420 e. The molecule has 0 fully saturated rings. The molecule has 0 aliphatic carbocycles. The van der Waals surface area contributed by atoms with Gasteiger partial charge in [-0.3, -0.25) is 5.10 Å². The van der Waals surface area contributed by atoms with Crippen LogP contribution in [0, 0.1) is 17.1 Å². The molecular weight excluding hydrogens is 327 g/mol. The lowest BCUT2D eigenvalue weighted by molar-refractivity contribution is 0.379. The Hall–Kier alpha value is -3.11. The van der Waals surface area contributed by atoms with Gasteiger partial charge in [0.15, 0.2) is 0 Å². The van der Waals surface area contributed by atoms with E-state index in [9.17, 15) is 9.65 Å². The second-order valence-electron chi connectivity index (χ2n) is 5.27. The van der Waals surface area contributed by atoms with Crippen LogP contribution in [0.3, 0.4) is 0 Å². The lowest BCUT2D eigenvalue weighted by Gasteiger charge is -2.23. The van der Waals surface area contributed by atoms with Crippen LogP contribution in [0.5, 0.6) is 5.88 Å². The van der Waals surface area contributed by atoms with Crippen LogP contribution < -0.4 is 10.5 Å². The van der Waals surface area contributed by atoms with Gasteiger partial charge in [-0.15, -0.1) is 16.4 Å². The van der Waals surface area contributed by atoms with Gasteiger partial charge in [0.25, 0.3) is 0 Å². The number of aromatic nitrogens is 2. The van der Waals surface area contributed by atoms with E-state index in [1.807, 2.05) is 17.5 Å². The minimum absolute atomic E-state index is 0.0172. The first kappa shape index (κ1) is 14.5. The number of nitrogens with zero attached hydrogens (tertiary/aromatic N) is 2. The molecule has 1 aliphatic rings. The molecule has 3 N–H and O–H groups in total. The van der Waals surface area contributed by atoms with Crippen LogP contribution in [0.1, 0.15) is 17.0 Å². The first-order valence-corrected chi connectivity index (χ1v) is 8.02. The van der Waals surface area contributed by atoms with Crippen molar-refractivity contribution in [2.24, 2.45) is 5.73 Å². The van der Waals surface area contributed by atoms with Crippen molar-refractivity contribution in [1.29, 1.82) is 5.26 Å². The van der Waals surface area contributed by atoms with Crippen LogP contribution in [-0.2, 0) is 0 Å².